The van der Waals surface area contributed by atoms with E-state index in [1.54, 1.807) is 30.3 Å². The molecule has 0 aliphatic carbocycles. The number of aliphatic hydroxyl groups is 1. The van der Waals surface area contributed by atoms with Crippen LogP contribution in [-0.4, -0.2) is 36.8 Å². The van der Waals surface area contributed by atoms with Crippen molar-refractivity contribution in [3.63, 3.8) is 0 Å². The molecule has 1 aliphatic rings. The molecule has 0 saturated carbocycles. The first-order valence-corrected chi connectivity index (χ1v) is 8.64. The molecule has 2 aromatic rings. The number of rotatable bonds is 6. The van der Waals surface area contributed by atoms with Gasteiger partial charge in [0, 0.05) is 30.6 Å². The van der Waals surface area contributed by atoms with Crippen LogP contribution >= 0.6 is 24.0 Å². The van der Waals surface area contributed by atoms with Gasteiger partial charge in [0.25, 0.3) is 5.91 Å². The number of carbonyl (C=O) groups is 1. The second-order valence-corrected chi connectivity index (χ2v) is 6.54. The van der Waals surface area contributed by atoms with Crippen molar-refractivity contribution in [1.29, 1.82) is 0 Å². The van der Waals surface area contributed by atoms with E-state index in [-0.39, 0.29) is 24.2 Å². The number of carbonyl (C=O) groups excluding carboxylic acids is 1. The van der Waals surface area contributed by atoms with Crippen LogP contribution in [-0.2, 0) is 6.61 Å². The van der Waals surface area contributed by atoms with Crippen molar-refractivity contribution in [1.82, 2.24) is 10.6 Å². The van der Waals surface area contributed by atoms with Crippen molar-refractivity contribution in [3.05, 3.63) is 64.7 Å². The summed E-state index contributed by atoms with van der Waals surface area (Å²) in [4.78, 5) is 12.5. The number of aliphatic hydroxyl groups excluding tert-OH is 1. The van der Waals surface area contributed by atoms with Crippen LogP contribution in [0.4, 0.5) is 0 Å². The van der Waals surface area contributed by atoms with Gasteiger partial charge in [-0.15, -0.1) is 12.4 Å². The summed E-state index contributed by atoms with van der Waals surface area (Å²) < 4.78 is 5.81. The second-order valence-electron chi connectivity index (χ2n) is 6.11. The van der Waals surface area contributed by atoms with Gasteiger partial charge in [-0.1, -0.05) is 35.9 Å². The van der Waals surface area contributed by atoms with E-state index in [0.29, 0.717) is 42.6 Å². The van der Waals surface area contributed by atoms with E-state index in [4.69, 9.17) is 16.3 Å². The van der Waals surface area contributed by atoms with Crippen LogP contribution in [0.3, 0.4) is 0 Å². The Bertz CT molecular complexity index is 725. The van der Waals surface area contributed by atoms with Gasteiger partial charge in [-0.2, -0.15) is 0 Å². The van der Waals surface area contributed by atoms with Crippen LogP contribution in [0.1, 0.15) is 15.9 Å². The molecule has 3 N–H and O–H groups in total. The third kappa shape index (κ3) is 5.35. The molecule has 0 radical (unpaired) electrons. The van der Waals surface area contributed by atoms with Crippen molar-refractivity contribution < 1.29 is 14.6 Å². The highest BCUT2D eigenvalue weighted by Gasteiger charge is 2.25. The van der Waals surface area contributed by atoms with Gasteiger partial charge in [0.1, 0.15) is 12.4 Å². The van der Waals surface area contributed by atoms with Gasteiger partial charge >= 0.3 is 0 Å². The lowest BCUT2D eigenvalue weighted by Crippen LogP contribution is -2.34. The lowest BCUT2D eigenvalue weighted by molar-refractivity contribution is 0.0922. The van der Waals surface area contributed by atoms with Crippen molar-refractivity contribution in [2.24, 2.45) is 5.92 Å². The first kappa shape index (κ1) is 20.5. The number of benzene rings is 2. The van der Waals surface area contributed by atoms with E-state index in [0.717, 1.165) is 5.56 Å². The molecule has 1 aliphatic heterocycles. The van der Waals surface area contributed by atoms with Crippen molar-refractivity contribution in [3.8, 4) is 5.75 Å². The minimum Gasteiger partial charge on any atom is -0.488 e. The summed E-state index contributed by atoms with van der Waals surface area (Å²) in [5.74, 6) is 0.358. The monoisotopic (exact) mass is 396 g/mol. The molecule has 2 atom stereocenters. The van der Waals surface area contributed by atoms with Crippen molar-refractivity contribution in [2.45, 2.75) is 12.7 Å². The lowest BCUT2D eigenvalue weighted by Gasteiger charge is -2.15. The molecule has 7 heteroatoms. The van der Waals surface area contributed by atoms with Gasteiger partial charge in [-0.05, 0) is 29.8 Å². The lowest BCUT2D eigenvalue weighted by atomic mass is 10.1. The summed E-state index contributed by atoms with van der Waals surface area (Å²) in [5.41, 5.74) is 1.46. The molecule has 0 bridgehead atoms. The number of β-amino-alcohol motifs (C(OH)–C–C–N with tert-alkyl or cyclic N) is 1. The molecule has 1 heterocycles. The Morgan fingerprint density at radius 2 is 1.92 bits per heavy atom. The maximum absolute atomic E-state index is 12.5. The Labute approximate surface area is 164 Å². The number of hydrogen-bond acceptors (Lipinski definition) is 4. The van der Waals surface area contributed by atoms with Gasteiger partial charge in [0.05, 0.1) is 11.7 Å². The molecular weight excluding hydrogens is 375 g/mol. The highest BCUT2D eigenvalue weighted by molar-refractivity contribution is 6.30. The number of amides is 1. The van der Waals surface area contributed by atoms with Crippen LogP contribution in [0, 0.1) is 5.92 Å². The second kappa shape index (κ2) is 9.78. The average Bonchev–Trinajstić information content (AvgIpc) is 3.04. The quantitative estimate of drug-likeness (QED) is 0.701. The summed E-state index contributed by atoms with van der Waals surface area (Å²) in [7, 11) is 0. The van der Waals surface area contributed by atoms with Crippen LogP contribution in [0.15, 0.2) is 48.5 Å². The van der Waals surface area contributed by atoms with Gasteiger partial charge in [0.15, 0.2) is 0 Å². The zero-order chi connectivity index (χ0) is 17.6. The maximum Gasteiger partial charge on any atom is 0.255 e. The normalized spacial score (nSPS) is 18.8. The van der Waals surface area contributed by atoms with E-state index in [2.05, 4.69) is 10.6 Å². The fourth-order valence-electron chi connectivity index (χ4n) is 2.77. The predicted octanol–water partition coefficient (Wildman–Crippen LogP) is 2.65. The summed E-state index contributed by atoms with van der Waals surface area (Å²) in [6, 6.07) is 14.5. The van der Waals surface area contributed by atoms with Crippen molar-refractivity contribution >= 4 is 29.9 Å². The van der Waals surface area contributed by atoms with E-state index in [9.17, 15) is 9.90 Å². The summed E-state index contributed by atoms with van der Waals surface area (Å²) >= 11 is 5.88. The fraction of sp³-hybridized carbons (Fsp3) is 0.316. The highest BCUT2D eigenvalue weighted by Crippen LogP contribution is 2.20. The third-order valence-corrected chi connectivity index (χ3v) is 4.52. The topological polar surface area (TPSA) is 70.6 Å². The van der Waals surface area contributed by atoms with E-state index >= 15 is 0 Å². The van der Waals surface area contributed by atoms with Gasteiger partial charge < -0.3 is 20.5 Å². The Balaban J connectivity index is 0.00000243. The largest absolute Gasteiger partial charge is 0.488 e. The molecule has 2 unspecified atom stereocenters. The maximum atomic E-state index is 12.5. The molecule has 1 saturated heterocycles. The van der Waals surface area contributed by atoms with Crippen LogP contribution in [0.2, 0.25) is 5.02 Å². The molecule has 26 heavy (non-hydrogen) atoms. The molecular formula is C19H22Cl2N2O3. The highest BCUT2D eigenvalue weighted by atomic mass is 35.5. The summed E-state index contributed by atoms with van der Waals surface area (Å²) in [5, 5.41) is 16.5. The molecule has 1 amide bonds. The Morgan fingerprint density at radius 1 is 1.19 bits per heavy atom. The minimum absolute atomic E-state index is 0. The Kier molecular flexibility index (Phi) is 7.72. The van der Waals surface area contributed by atoms with E-state index in [1.807, 2.05) is 18.2 Å². The van der Waals surface area contributed by atoms with Crippen LogP contribution < -0.4 is 15.4 Å². The number of para-hydroxylation sites is 1. The van der Waals surface area contributed by atoms with Gasteiger partial charge in [-0.3, -0.25) is 4.79 Å². The van der Waals surface area contributed by atoms with Crippen molar-refractivity contribution in [2.75, 3.05) is 19.6 Å². The van der Waals surface area contributed by atoms with Crippen LogP contribution in [0.25, 0.3) is 0 Å². The molecule has 0 aromatic heterocycles. The average molecular weight is 397 g/mol. The first-order chi connectivity index (χ1) is 12.1. The van der Waals surface area contributed by atoms with Crippen LogP contribution in [0.5, 0.6) is 5.75 Å². The summed E-state index contributed by atoms with van der Waals surface area (Å²) in [6.45, 7) is 2.06. The molecule has 140 valence electrons. The predicted molar refractivity (Wildman–Crippen MR) is 104 cm³/mol. The molecule has 0 spiro atoms. The summed E-state index contributed by atoms with van der Waals surface area (Å²) in [6.07, 6.45) is -0.420. The molecule has 5 nitrogen and oxygen atoms in total. The number of hydrogen-bond donors (Lipinski definition) is 3. The third-order valence-electron chi connectivity index (χ3n) is 4.27. The Morgan fingerprint density at radius 3 is 2.62 bits per heavy atom. The standard InChI is InChI=1S/C19H21ClN2O3.ClH/c20-15-7-5-13(6-8-15)12-25-18-4-2-1-3-16(18)19(24)22-10-14-9-21-11-17(14)23;/h1-8,14,17,21,23H,9-12H2,(H,22,24);1H. The zero-order valence-electron chi connectivity index (χ0n) is 14.2. The number of halogens is 2. The Hall–Kier alpha value is -1.79. The zero-order valence-corrected chi connectivity index (χ0v) is 15.7. The SMILES string of the molecule is Cl.O=C(NCC1CNCC1O)c1ccccc1OCc1ccc(Cl)cc1. The minimum atomic E-state index is -0.420. The number of ether oxygens (including phenoxy) is 1. The van der Waals surface area contributed by atoms with E-state index < -0.39 is 6.10 Å². The fourth-order valence-corrected chi connectivity index (χ4v) is 2.89. The molecule has 2 aromatic carbocycles. The van der Waals surface area contributed by atoms with Gasteiger partial charge in [-0.25, -0.2) is 0 Å². The molecule has 3 rings (SSSR count). The first-order valence-electron chi connectivity index (χ1n) is 8.27. The molecule has 1 fully saturated rings. The van der Waals surface area contributed by atoms with Gasteiger partial charge in [0.2, 0.25) is 0 Å². The number of nitrogens with one attached hydrogen (secondary N) is 2. The van der Waals surface area contributed by atoms with E-state index in [1.165, 1.54) is 0 Å². The smallest absolute Gasteiger partial charge is 0.255 e.